The fourth-order valence-corrected chi connectivity index (χ4v) is 2.78. The topological polar surface area (TPSA) is 100 Å². The lowest BCUT2D eigenvalue weighted by atomic mass is 10.2. The number of anilines is 1. The number of nitrogens with zero attached hydrogens (tertiary/aromatic N) is 4. The molecule has 3 heterocycles. The standard InChI is InChI=1S/C14H16ClN5O3/c15-1-4-20-8-10(13(22)23)11(21)9-7-17-14(18-12(9)20)19-5-2-16-3-6-19/h7-8,16H,1-6H2,(H,22,23). The minimum Gasteiger partial charge on any atom is -0.477 e. The van der Waals surface area contributed by atoms with Gasteiger partial charge < -0.3 is 19.9 Å². The van der Waals surface area contributed by atoms with Gasteiger partial charge in [-0.1, -0.05) is 0 Å². The molecular formula is C14H16ClN5O3. The third kappa shape index (κ3) is 2.99. The molecule has 0 aliphatic carbocycles. The van der Waals surface area contributed by atoms with E-state index in [9.17, 15) is 14.7 Å². The number of piperazine rings is 1. The van der Waals surface area contributed by atoms with Crippen LogP contribution < -0.4 is 15.6 Å². The number of rotatable bonds is 4. The van der Waals surface area contributed by atoms with Crippen LogP contribution in [0.2, 0.25) is 0 Å². The number of carbonyl (C=O) groups is 1. The molecule has 23 heavy (non-hydrogen) atoms. The van der Waals surface area contributed by atoms with E-state index < -0.39 is 11.4 Å². The number of halogens is 1. The largest absolute Gasteiger partial charge is 0.477 e. The van der Waals surface area contributed by atoms with Crippen LogP contribution in [-0.2, 0) is 6.54 Å². The lowest BCUT2D eigenvalue weighted by molar-refractivity contribution is 0.0695. The van der Waals surface area contributed by atoms with Crippen LogP contribution >= 0.6 is 11.6 Å². The molecule has 0 unspecified atom stereocenters. The van der Waals surface area contributed by atoms with Crippen molar-refractivity contribution in [2.75, 3.05) is 37.0 Å². The van der Waals surface area contributed by atoms with Crippen LogP contribution in [0.15, 0.2) is 17.2 Å². The molecule has 1 fully saturated rings. The van der Waals surface area contributed by atoms with Crippen LogP contribution in [0, 0.1) is 0 Å². The summed E-state index contributed by atoms with van der Waals surface area (Å²) in [6, 6.07) is 0. The quantitative estimate of drug-likeness (QED) is 0.765. The summed E-state index contributed by atoms with van der Waals surface area (Å²) in [5.74, 6) is -0.458. The van der Waals surface area contributed by atoms with Gasteiger partial charge in [-0.05, 0) is 0 Å². The van der Waals surface area contributed by atoms with Crippen LogP contribution in [0.3, 0.4) is 0 Å². The van der Waals surface area contributed by atoms with E-state index in [-0.39, 0.29) is 16.8 Å². The number of hydrogen-bond donors (Lipinski definition) is 2. The first-order valence-electron chi connectivity index (χ1n) is 7.27. The minimum absolute atomic E-state index is 0.189. The van der Waals surface area contributed by atoms with Gasteiger partial charge in [0.2, 0.25) is 11.4 Å². The molecule has 2 aromatic rings. The number of pyridine rings is 1. The van der Waals surface area contributed by atoms with Crippen molar-refractivity contribution in [3.63, 3.8) is 0 Å². The van der Waals surface area contributed by atoms with Crippen LogP contribution in [0.4, 0.5) is 5.95 Å². The van der Waals surface area contributed by atoms with Gasteiger partial charge in [0.25, 0.3) is 0 Å². The smallest absolute Gasteiger partial charge is 0.341 e. The van der Waals surface area contributed by atoms with E-state index >= 15 is 0 Å². The summed E-state index contributed by atoms with van der Waals surface area (Å²) < 4.78 is 1.60. The Morgan fingerprint density at radius 3 is 2.78 bits per heavy atom. The van der Waals surface area contributed by atoms with Gasteiger partial charge in [-0.2, -0.15) is 4.98 Å². The number of aryl methyl sites for hydroxylation is 1. The molecule has 1 aliphatic rings. The maximum absolute atomic E-state index is 12.3. The number of carboxylic acids is 1. The fourth-order valence-electron chi connectivity index (χ4n) is 2.59. The molecule has 0 aromatic carbocycles. The number of aromatic nitrogens is 3. The molecule has 0 amide bonds. The zero-order chi connectivity index (χ0) is 16.4. The molecule has 0 bridgehead atoms. The van der Waals surface area contributed by atoms with Gasteiger partial charge in [-0.3, -0.25) is 4.79 Å². The van der Waals surface area contributed by atoms with Crippen LogP contribution in [0.25, 0.3) is 11.0 Å². The summed E-state index contributed by atoms with van der Waals surface area (Å²) in [5, 5.41) is 12.6. The van der Waals surface area contributed by atoms with E-state index in [0.29, 0.717) is 18.1 Å². The third-order valence-electron chi connectivity index (χ3n) is 3.76. The molecule has 3 rings (SSSR count). The number of carboxylic acid groups (broad SMARTS) is 1. The Labute approximate surface area is 136 Å². The normalized spacial score (nSPS) is 15.1. The minimum atomic E-state index is -1.27. The SMILES string of the molecule is O=C(O)c1cn(CCCl)c2nc(N3CCNCC3)ncc2c1=O. The van der Waals surface area contributed by atoms with Crippen molar-refractivity contribution in [2.45, 2.75) is 6.54 Å². The summed E-state index contributed by atoms with van der Waals surface area (Å²) in [4.78, 5) is 34.3. The molecule has 2 aromatic heterocycles. The number of fused-ring (bicyclic) bond motifs is 1. The first-order chi connectivity index (χ1) is 11.1. The summed E-state index contributed by atoms with van der Waals surface area (Å²) in [5.41, 5.74) is -0.476. The highest BCUT2D eigenvalue weighted by atomic mass is 35.5. The molecule has 122 valence electrons. The summed E-state index contributed by atoms with van der Waals surface area (Å²) in [6.45, 7) is 3.59. The second kappa shape index (κ2) is 6.51. The lowest BCUT2D eigenvalue weighted by Crippen LogP contribution is -2.44. The average molecular weight is 338 g/mol. The van der Waals surface area contributed by atoms with Gasteiger partial charge in [0.15, 0.2) is 0 Å². The Hall–Kier alpha value is -2.19. The highest BCUT2D eigenvalue weighted by Crippen LogP contribution is 2.15. The summed E-state index contributed by atoms with van der Waals surface area (Å²) in [6.07, 6.45) is 2.70. The third-order valence-corrected chi connectivity index (χ3v) is 3.93. The van der Waals surface area contributed by atoms with Crippen molar-refractivity contribution in [3.8, 4) is 0 Å². The average Bonchev–Trinajstić information content (AvgIpc) is 2.57. The van der Waals surface area contributed by atoms with E-state index in [1.54, 1.807) is 4.57 Å². The van der Waals surface area contributed by atoms with Crippen molar-refractivity contribution in [3.05, 3.63) is 28.2 Å². The number of nitrogens with one attached hydrogen (secondary N) is 1. The van der Waals surface area contributed by atoms with Gasteiger partial charge in [0.05, 0.1) is 5.39 Å². The van der Waals surface area contributed by atoms with Crippen molar-refractivity contribution in [2.24, 2.45) is 0 Å². The predicted octanol–water partition coefficient (Wildman–Crippen LogP) is 0.138. The van der Waals surface area contributed by atoms with E-state index in [1.165, 1.54) is 12.4 Å². The number of aromatic carboxylic acids is 1. The van der Waals surface area contributed by atoms with Crippen molar-refractivity contribution >= 4 is 34.6 Å². The first-order valence-corrected chi connectivity index (χ1v) is 7.80. The molecule has 9 heteroatoms. The number of hydrogen-bond acceptors (Lipinski definition) is 6. The molecule has 0 saturated carbocycles. The zero-order valence-electron chi connectivity index (χ0n) is 12.3. The number of alkyl halides is 1. The lowest BCUT2D eigenvalue weighted by Gasteiger charge is -2.27. The molecule has 2 N–H and O–H groups in total. The molecule has 8 nitrogen and oxygen atoms in total. The van der Waals surface area contributed by atoms with E-state index in [2.05, 4.69) is 15.3 Å². The van der Waals surface area contributed by atoms with E-state index in [0.717, 1.165) is 26.2 Å². The Bertz CT molecular complexity index is 801. The maximum Gasteiger partial charge on any atom is 0.341 e. The molecule has 1 saturated heterocycles. The zero-order valence-corrected chi connectivity index (χ0v) is 13.1. The second-order valence-electron chi connectivity index (χ2n) is 5.20. The van der Waals surface area contributed by atoms with Gasteiger partial charge in [-0.25, -0.2) is 9.78 Å². The monoisotopic (exact) mass is 337 g/mol. The van der Waals surface area contributed by atoms with Crippen molar-refractivity contribution < 1.29 is 9.90 Å². The van der Waals surface area contributed by atoms with Gasteiger partial charge in [0.1, 0.15) is 11.2 Å². The molecule has 0 atom stereocenters. The van der Waals surface area contributed by atoms with E-state index in [1.807, 2.05) is 4.90 Å². The Kier molecular flexibility index (Phi) is 4.44. The van der Waals surface area contributed by atoms with Crippen LogP contribution in [0.1, 0.15) is 10.4 Å². The van der Waals surface area contributed by atoms with Crippen molar-refractivity contribution in [1.82, 2.24) is 19.9 Å². The van der Waals surface area contributed by atoms with Gasteiger partial charge >= 0.3 is 5.97 Å². The Morgan fingerprint density at radius 2 is 2.13 bits per heavy atom. The molecular weight excluding hydrogens is 322 g/mol. The Balaban J connectivity index is 2.16. The highest BCUT2D eigenvalue weighted by Gasteiger charge is 2.18. The Morgan fingerprint density at radius 1 is 1.39 bits per heavy atom. The molecule has 1 aliphatic heterocycles. The predicted molar refractivity (Wildman–Crippen MR) is 86.6 cm³/mol. The van der Waals surface area contributed by atoms with Crippen LogP contribution in [0.5, 0.6) is 0 Å². The van der Waals surface area contributed by atoms with Gasteiger partial charge in [0, 0.05) is 51.0 Å². The molecule has 0 radical (unpaired) electrons. The highest BCUT2D eigenvalue weighted by molar-refractivity contribution is 6.17. The maximum atomic E-state index is 12.3. The fraction of sp³-hybridized carbons (Fsp3) is 0.429. The second-order valence-corrected chi connectivity index (χ2v) is 5.58. The first kappa shape index (κ1) is 15.7. The summed E-state index contributed by atoms with van der Waals surface area (Å²) in [7, 11) is 0. The summed E-state index contributed by atoms with van der Waals surface area (Å²) >= 11 is 5.79. The van der Waals surface area contributed by atoms with Crippen molar-refractivity contribution in [1.29, 1.82) is 0 Å². The van der Waals surface area contributed by atoms with Crippen LogP contribution in [-0.4, -0.2) is 57.7 Å². The van der Waals surface area contributed by atoms with E-state index in [4.69, 9.17) is 11.6 Å². The molecule has 0 spiro atoms. The van der Waals surface area contributed by atoms with Gasteiger partial charge in [-0.15, -0.1) is 11.6 Å².